The number of methoxy groups -OCH3 is 1. The van der Waals surface area contributed by atoms with E-state index in [1.807, 2.05) is 6.92 Å². The third-order valence-corrected chi connectivity index (χ3v) is 2.10. The summed E-state index contributed by atoms with van der Waals surface area (Å²) in [5.74, 6) is 4.44. The van der Waals surface area contributed by atoms with Gasteiger partial charge in [-0.1, -0.05) is 5.92 Å². The summed E-state index contributed by atoms with van der Waals surface area (Å²) in [6.45, 7) is 3.35. The van der Waals surface area contributed by atoms with E-state index in [1.54, 1.807) is 18.2 Å². The summed E-state index contributed by atoms with van der Waals surface area (Å²) in [6.07, 6.45) is 0. The molecule has 1 aromatic rings. The van der Waals surface area contributed by atoms with Gasteiger partial charge in [-0.25, -0.2) is 4.79 Å². The lowest BCUT2D eigenvalue weighted by atomic mass is 10.0. The van der Waals surface area contributed by atoms with Crippen LogP contribution < -0.4 is 0 Å². The van der Waals surface area contributed by atoms with Crippen molar-refractivity contribution >= 4 is 11.8 Å². The van der Waals surface area contributed by atoms with E-state index in [2.05, 4.69) is 16.6 Å². The number of esters is 1. The molecule has 0 saturated carbocycles. The first-order valence-electron chi connectivity index (χ1n) is 4.76. The van der Waals surface area contributed by atoms with Gasteiger partial charge in [-0.2, -0.15) is 0 Å². The molecule has 0 amide bonds. The Morgan fingerprint density at radius 1 is 1.31 bits per heavy atom. The second-order valence-electron chi connectivity index (χ2n) is 3.33. The van der Waals surface area contributed by atoms with E-state index < -0.39 is 5.97 Å². The maximum atomic E-state index is 11.2. The molecule has 0 N–H and O–H groups in total. The third-order valence-electron chi connectivity index (χ3n) is 2.10. The number of aryl methyl sites for hydroxylation is 1. The van der Waals surface area contributed by atoms with Crippen molar-refractivity contribution in [3.63, 3.8) is 0 Å². The molecule has 82 valence electrons. The first-order valence-corrected chi connectivity index (χ1v) is 4.76. The van der Waals surface area contributed by atoms with Crippen LogP contribution in [-0.2, 0) is 9.53 Å². The SMILES string of the molecule is COC(=O)C#Cc1ccc(C(C)=O)c(C)c1. The summed E-state index contributed by atoms with van der Waals surface area (Å²) in [4.78, 5) is 22.0. The molecule has 0 atom stereocenters. The number of carbonyl (C=O) groups is 2. The van der Waals surface area contributed by atoms with Crippen LogP contribution >= 0.6 is 0 Å². The third kappa shape index (κ3) is 2.96. The molecule has 3 heteroatoms. The molecule has 0 bridgehead atoms. The molecule has 1 rings (SSSR count). The van der Waals surface area contributed by atoms with Crippen LogP contribution in [0.15, 0.2) is 18.2 Å². The average Bonchev–Trinajstić information content (AvgIpc) is 2.25. The van der Waals surface area contributed by atoms with Crippen LogP contribution in [0.1, 0.15) is 28.4 Å². The van der Waals surface area contributed by atoms with Crippen molar-refractivity contribution in [2.45, 2.75) is 13.8 Å². The van der Waals surface area contributed by atoms with Crippen LogP contribution in [0.4, 0.5) is 0 Å². The van der Waals surface area contributed by atoms with Gasteiger partial charge in [0, 0.05) is 17.0 Å². The number of rotatable bonds is 1. The molecule has 3 nitrogen and oxygen atoms in total. The topological polar surface area (TPSA) is 43.4 Å². The van der Waals surface area contributed by atoms with Crippen LogP contribution in [-0.4, -0.2) is 18.9 Å². The highest BCUT2D eigenvalue weighted by atomic mass is 16.5. The number of Topliss-reactive ketones (excluding diaryl/α,β-unsaturated/α-hetero) is 1. The zero-order valence-electron chi connectivity index (χ0n) is 9.46. The molecule has 0 fully saturated rings. The molecule has 0 spiro atoms. The Labute approximate surface area is 94.4 Å². The van der Waals surface area contributed by atoms with Crippen molar-refractivity contribution in [3.05, 3.63) is 34.9 Å². The highest BCUT2D eigenvalue weighted by Crippen LogP contribution is 2.10. The predicted molar refractivity (Wildman–Crippen MR) is 60.1 cm³/mol. The van der Waals surface area contributed by atoms with Gasteiger partial charge in [0.25, 0.3) is 0 Å². The molecular formula is C13H12O3. The van der Waals surface area contributed by atoms with Gasteiger partial charge in [0.15, 0.2) is 5.78 Å². The van der Waals surface area contributed by atoms with E-state index in [1.165, 1.54) is 14.0 Å². The summed E-state index contributed by atoms with van der Waals surface area (Å²) in [7, 11) is 1.28. The second-order valence-corrected chi connectivity index (χ2v) is 3.33. The van der Waals surface area contributed by atoms with E-state index >= 15 is 0 Å². The number of benzene rings is 1. The number of hydrogen-bond acceptors (Lipinski definition) is 3. The Morgan fingerprint density at radius 3 is 2.50 bits per heavy atom. The maximum Gasteiger partial charge on any atom is 0.384 e. The summed E-state index contributed by atoms with van der Waals surface area (Å²) >= 11 is 0. The minimum Gasteiger partial charge on any atom is -0.459 e. The van der Waals surface area contributed by atoms with Crippen LogP contribution in [0, 0.1) is 18.8 Å². The van der Waals surface area contributed by atoms with Crippen LogP contribution in [0.2, 0.25) is 0 Å². The van der Waals surface area contributed by atoms with Crippen molar-refractivity contribution in [2.24, 2.45) is 0 Å². The predicted octanol–water partition coefficient (Wildman–Crippen LogP) is 1.72. The van der Waals surface area contributed by atoms with Gasteiger partial charge in [0.2, 0.25) is 0 Å². The van der Waals surface area contributed by atoms with E-state index in [0.29, 0.717) is 11.1 Å². The molecule has 0 unspecified atom stereocenters. The van der Waals surface area contributed by atoms with E-state index in [0.717, 1.165) is 5.56 Å². The first kappa shape index (κ1) is 12.0. The van der Waals surface area contributed by atoms with Gasteiger partial charge in [-0.3, -0.25) is 4.79 Å². The zero-order chi connectivity index (χ0) is 12.1. The highest BCUT2D eigenvalue weighted by molar-refractivity contribution is 5.95. The van der Waals surface area contributed by atoms with Crippen molar-refractivity contribution in [1.29, 1.82) is 0 Å². The average molecular weight is 216 g/mol. The molecule has 0 aliphatic carbocycles. The molecule has 0 heterocycles. The lowest BCUT2D eigenvalue weighted by Crippen LogP contribution is -1.97. The van der Waals surface area contributed by atoms with Crippen LogP contribution in [0.25, 0.3) is 0 Å². The molecule has 0 saturated heterocycles. The number of ketones is 1. The first-order chi connectivity index (χ1) is 7.54. The van der Waals surface area contributed by atoms with Gasteiger partial charge in [-0.05, 0) is 37.6 Å². The van der Waals surface area contributed by atoms with Crippen molar-refractivity contribution in [3.8, 4) is 11.8 Å². The molecule has 0 aromatic heterocycles. The van der Waals surface area contributed by atoms with Gasteiger partial charge >= 0.3 is 5.97 Å². The maximum absolute atomic E-state index is 11.2. The Balaban J connectivity index is 3.01. The summed E-state index contributed by atoms with van der Waals surface area (Å²) in [5, 5.41) is 0. The largest absolute Gasteiger partial charge is 0.459 e. The molecule has 0 aliphatic rings. The minimum atomic E-state index is -0.576. The smallest absolute Gasteiger partial charge is 0.384 e. The fraction of sp³-hybridized carbons (Fsp3) is 0.231. The van der Waals surface area contributed by atoms with Gasteiger partial charge in [0.05, 0.1) is 7.11 Å². The lowest BCUT2D eigenvalue weighted by Gasteiger charge is -2.01. The number of ether oxygens (including phenoxy) is 1. The Morgan fingerprint density at radius 2 is 2.00 bits per heavy atom. The quantitative estimate of drug-likeness (QED) is 0.408. The van der Waals surface area contributed by atoms with Crippen LogP contribution in [0.5, 0.6) is 0 Å². The number of hydrogen-bond donors (Lipinski definition) is 0. The molecule has 16 heavy (non-hydrogen) atoms. The van der Waals surface area contributed by atoms with Gasteiger partial charge in [0.1, 0.15) is 0 Å². The number of carbonyl (C=O) groups excluding carboxylic acids is 2. The van der Waals surface area contributed by atoms with Crippen molar-refractivity contribution in [1.82, 2.24) is 0 Å². The summed E-state index contributed by atoms with van der Waals surface area (Å²) in [6, 6.07) is 5.19. The fourth-order valence-corrected chi connectivity index (χ4v) is 1.31. The normalized spacial score (nSPS) is 8.94. The van der Waals surface area contributed by atoms with Crippen molar-refractivity contribution < 1.29 is 14.3 Å². The van der Waals surface area contributed by atoms with E-state index in [-0.39, 0.29) is 5.78 Å². The summed E-state index contributed by atoms with van der Waals surface area (Å²) in [5.41, 5.74) is 2.21. The van der Waals surface area contributed by atoms with Gasteiger partial charge < -0.3 is 4.74 Å². The monoisotopic (exact) mass is 216 g/mol. The Kier molecular flexibility index (Phi) is 3.84. The standard InChI is InChI=1S/C13H12O3/c1-9-8-11(5-7-13(15)16-3)4-6-12(9)10(2)14/h4,6,8H,1-3H3. The molecule has 1 aromatic carbocycles. The fourth-order valence-electron chi connectivity index (χ4n) is 1.31. The summed E-state index contributed by atoms with van der Waals surface area (Å²) < 4.78 is 4.40. The highest BCUT2D eigenvalue weighted by Gasteiger charge is 2.03. The van der Waals surface area contributed by atoms with Crippen LogP contribution in [0.3, 0.4) is 0 Å². The lowest BCUT2D eigenvalue weighted by molar-refractivity contribution is -0.133. The van der Waals surface area contributed by atoms with E-state index in [9.17, 15) is 9.59 Å². The Hall–Kier alpha value is -2.08. The molecule has 0 aliphatic heterocycles. The Bertz CT molecular complexity index is 490. The molecular weight excluding hydrogens is 204 g/mol. The second kappa shape index (κ2) is 5.13. The zero-order valence-corrected chi connectivity index (χ0v) is 9.46. The van der Waals surface area contributed by atoms with Gasteiger partial charge in [-0.15, -0.1) is 0 Å². The minimum absolute atomic E-state index is 0.0185. The van der Waals surface area contributed by atoms with E-state index in [4.69, 9.17) is 0 Å². The molecule has 0 radical (unpaired) electrons. The van der Waals surface area contributed by atoms with Crippen molar-refractivity contribution in [2.75, 3.05) is 7.11 Å².